The summed E-state index contributed by atoms with van der Waals surface area (Å²) in [5.41, 5.74) is 10.4. The summed E-state index contributed by atoms with van der Waals surface area (Å²) in [6.45, 7) is 2.25. The molecule has 0 aromatic heterocycles. The van der Waals surface area contributed by atoms with Crippen molar-refractivity contribution in [3.8, 4) is 11.5 Å². The van der Waals surface area contributed by atoms with Crippen molar-refractivity contribution in [2.45, 2.75) is 26.3 Å². The van der Waals surface area contributed by atoms with E-state index in [0.29, 0.717) is 43.8 Å². The molecule has 0 aliphatic carbocycles. The van der Waals surface area contributed by atoms with Crippen LogP contribution in [-0.4, -0.2) is 20.2 Å². The Kier molecular flexibility index (Phi) is 8.31. The number of rotatable bonds is 10. The molecule has 3 aromatic carbocycles. The molecule has 0 atom stereocenters. The van der Waals surface area contributed by atoms with Gasteiger partial charge in [-0.2, -0.15) is 0 Å². The van der Waals surface area contributed by atoms with Gasteiger partial charge in [0.1, 0.15) is 0 Å². The Labute approximate surface area is 183 Å². The molecule has 6 heteroatoms. The van der Waals surface area contributed by atoms with Gasteiger partial charge in [0.2, 0.25) is 0 Å². The van der Waals surface area contributed by atoms with Gasteiger partial charge < -0.3 is 25.3 Å². The Morgan fingerprint density at radius 3 is 2.06 bits per heavy atom. The first-order valence-corrected chi connectivity index (χ1v) is 10.1. The first kappa shape index (κ1) is 22.2. The van der Waals surface area contributed by atoms with Crippen LogP contribution in [0.2, 0.25) is 0 Å². The Morgan fingerprint density at radius 1 is 0.774 bits per heavy atom. The van der Waals surface area contributed by atoms with Gasteiger partial charge in [0.25, 0.3) is 0 Å². The largest absolute Gasteiger partial charge is 0.493 e. The van der Waals surface area contributed by atoms with Crippen LogP contribution in [0.1, 0.15) is 22.3 Å². The summed E-state index contributed by atoms with van der Waals surface area (Å²) in [6, 6.07) is 24.1. The van der Waals surface area contributed by atoms with E-state index in [1.807, 2.05) is 36.4 Å². The second kappa shape index (κ2) is 11.6. The average molecular weight is 420 g/mol. The Balaban J connectivity index is 1.43. The lowest BCUT2D eigenvalue weighted by molar-refractivity contribution is 0.107. The number of nitrogens with zero attached hydrogens (tertiary/aromatic N) is 1. The summed E-state index contributed by atoms with van der Waals surface area (Å²) < 4.78 is 16.3. The highest BCUT2D eigenvalue weighted by molar-refractivity contribution is 5.77. The summed E-state index contributed by atoms with van der Waals surface area (Å²) in [4.78, 5) is 4.39. The van der Waals surface area contributed by atoms with Crippen molar-refractivity contribution in [3.05, 3.63) is 95.1 Å². The van der Waals surface area contributed by atoms with Gasteiger partial charge in [0.05, 0.1) is 34.0 Å². The number of aliphatic imine (C=N–C) groups is 1. The first-order chi connectivity index (χ1) is 15.2. The third-order valence-electron chi connectivity index (χ3n) is 4.76. The van der Waals surface area contributed by atoms with Gasteiger partial charge in [-0.25, -0.2) is 4.99 Å². The van der Waals surface area contributed by atoms with E-state index < -0.39 is 0 Å². The highest BCUT2D eigenvalue weighted by Gasteiger charge is 2.04. The Hall–Kier alpha value is -3.51. The zero-order valence-electron chi connectivity index (χ0n) is 18.0. The predicted octanol–water partition coefficient (Wildman–Crippen LogP) is 4.03. The van der Waals surface area contributed by atoms with Crippen LogP contribution < -0.4 is 20.5 Å². The van der Waals surface area contributed by atoms with Crippen molar-refractivity contribution in [1.82, 2.24) is 5.32 Å². The molecule has 162 valence electrons. The first-order valence-electron chi connectivity index (χ1n) is 10.1. The molecule has 0 amide bonds. The standard InChI is InChI=1S/C25H29N3O3/c1-29-23-13-12-22(14-24(23)30-2)16-28-25(26)27-15-19-8-10-21(11-9-19)18-31-17-20-6-4-3-5-7-20/h3-14H,15-18H2,1-2H3,(H3,26,27,28). The number of hydrogen-bond acceptors (Lipinski definition) is 4. The highest BCUT2D eigenvalue weighted by Crippen LogP contribution is 2.27. The minimum Gasteiger partial charge on any atom is -0.493 e. The van der Waals surface area contributed by atoms with Crippen molar-refractivity contribution in [3.63, 3.8) is 0 Å². The lowest BCUT2D eigenvalue weighted by Gasteiger charge is -2.09. The van der Waals surface area contributed by atoms with Crippen LogP contribution in [0, 0.1) is 0 Å². The van der Waals surface area contributed by atoms with E-state index in [1.165, 1.54) is 5.56 Å². The minimum atomic E-state index is 0.394. The zero-order chi connectivity index (χ0) is 21.9. The number of guanidine groups is 1. The molecule has 0 spiro atoms. The van der Waals surface area contributed by atoms with Crippen molar-refractivity contribution in [2.24, 2.45) is 10.7 Å². The van der Waals surface area contributed by atoms with E-state index in [-0.39, 0.29) is 0 Å². The van der Waals surface area contributed by atoms with Crippen LogP contribution >= 0.6 is 0 Å². The fourth-order valence-electron chi connectivity index (χ4n) is 3.02. The van der Waals surface area contributed by atoms with Gasteiger partial charge in [0.15, 0.2) is 17.5 Å². The molecular formula is C25H29N3O3. The number of nitrogens with two attached hydrogens (primary N) is 1. The monoisotopic (exact) mass is 419 g/mol. The third-order valence-corrected chi connectivity index (χ3v) is 4.76. The quantitative estimate of drug-likeness (QED) is 0.383. The number of hydrogen-bond donors (Lipinski definition) is 2. The van der Waals surface area contributed by atoms with Gasteiger partial charge >= 0.3 is 0 Å². The summed E-state index contributed by atoms with van der Waals surface area (Å²) in [7, 11) is 3.23. The van der Waals surface area contributed by atoms with Gasteiger partial charge in [-0.1, -0.05) is 60.7 Å². The second-order valence-electron chi connectivity index (χ2n) is 7.04. The van der Waals surface area contributed by atoms with Crippen molar-refractivity contribution in [2.75, 3.05) is 14.2 Å². The predicted molar refractivity (Wildman–Crippen MR) is 123 cm³/mol. The Bertz CT molecular complexity index is 973. The van der Waals surface area contributed by atoms with Gasteiger partial charge in [0, 0.05) is 6.54 Å². The summed E-state index contributed by atoms with van der Waals surface area (Å²) in [6.07, 6.45) is 0. The Morgan fingerprint density at radius 2 is 1.39 bits per heavy atom. The van der Waals surface area contributed by atoms with Crippen LogP contribution in [0.25, 0.3) is 0 Å². The molecule has 0 saturated heterocycles. The minimum absolute atomic E-state index is 0.394. The van der Waals surface area contributed by atoms with Gasteiger partial charge in [-0.3, -0.25) is 0 Å². The summed E-state index contributed by atoms with van der Waals surface area (Å²) in [5, 5.41) is 3.15. The lowest BCUT2D eigenvalue weighted by Crippen LogP contribution is -2.31. The maximum absolute atomic E-state index is 6.01. The normalized spacial score (nSPS) is 11.2. The van der Waals surface area contributed by atoms with Crippen LogP contribution in [0.15, 0.2) is 77.8 Å². The topological polar surface area (TPSA) is 78.1 Å². The van der Waals surface area contributed by atoms with E-state index in [9.17, 15) is 0 Å². The van der Waals surface area contributed by atoms with Gasteiger partial charge in [-0.15, -0.1) is 0 Å². The zero-order valence-corrected chi connectivity index (χ0v) is 18.0. The lowest BCUT2D eigenvalue weighted by atomic mass is 10.1. The van der Waals surface area contributed by atoms with Crippen LogP contribution in [0.3, 0.4) is 0 Å². The van der Waals surface area contributed by atoms with Crippen LogP contribution in [-0.2, 0) is 31.0 Å². The van der Waals surface area contributed by atoms with Gasteiger partial charge in [-0.05, 0) is 34.4 Å². The molecule has 0 heterocycles. The molecule has 3 aromatic rings. The SMILES string of the molecule is COc1ccc(CN=C(N)NCc2ccc(COCc3ccccc3)cc2)cc1OC. The molecule has 0 aliphatic heterocycles. The van der Waals surface area contributed by atoms with E-state index in [0.717, 1.165) is 16.7 Å². The van der Waals surface area contributed by atoms with E-state index in [4.69, 9.17) is 19.9 Å². The number of methoxy groups -OCH3 is 2. The van der Waals surface area contributed by atoms with E-state index >= 15 is 0 Å². The number of ether oxygens (including phenoxy) is 3. The molecule has 6 nitrogen and oxygen atoms in total. The molecule has 31 heavy (non-hydrogen) atoms. The molecule has 0 aliphatic rings. The number of benzene rings is 3. The van der Waals surface area contributed by atoms with Crippen LogP contribution in [0.5, 0.6) is 11.5 Å². The van der Waals surface area contributed by atoms with Crippen molar-refractivity contribution >= 4 is 5.96 Å². The summed E-state index contributed by atoms with van der Waals surface area (Å²) in [5.74, 6) is 1.76. The maximum Gasteiger partial charge on any atom is 0.189 e. The molecular weight excluding hydrogens is 390 g/mol. The molecule has 0 unspecified atom stereocenters. The molecule has 0 saturated carbocycles. The fraction of sp³-hybridized carbons (Fsp3) is 0.240. The average Bonchev–Trinajstić information content (AvgIpc) is 2.82. The highest BCUT2D eigenvalue weighted by atomic mass is 16.5. The summed E-state index contributed by atoms with van der Waals surface area (Å²) >= 11 is 0. The fourth-order valence-corrected chi connectivity index (χ4v) is 3.02. The molecule has 0 radical (unpaired) electrons. The molecule has 3 rings (SSSR count). The van der Waals surface area contributed by atoms with Crippen LogP contribution in [0.4, 0.5) is 0 Å². The van der Waals surface area contributed by atoms with Crippen molar-refractivity contribution < 1.29 is 14.2 Å². The number of nitrogens with one attached hydrogen (secondary N) is 1. The molecule has 0 bridgehead atoms. The molecule has 0 fully saturated rings. The third kappa shape index (κ3) is 7.04. The smallest absolute Gasteiger partial charge is 0.189 e. The van der Waals surface area contributed by atoms with E-state index in [1.54, 1.807) is 14.2 Å². The van der Waals surface area contributed by atoms with E-state index in [2.05, 4.69) is 46.7 Å². The molecule has 3 N–H and O–H groups in total. The second-order valence-corrected chi connectivity index (χ2v) is 7.04. The van der Waals surface area contributed by atoms with Crippen molar-refractivity contribution in [1.29, 1.82) is 0 Å². The maximum atomic E-state index is 6.01.